The van der Waals surface area contributed by atoms with E-state index in [1.807, 2.05) is 6.92 Å². The van der Waals surface area contributed by atoms with E-state index in [0.29, 0.717) is 31.4 Å². The fourth-order valence-corrected chi connectivity index (χ4v) is 3.24. The van der Waals surface area contributed by atoms with Gasteiger partial charge in [-0.15, -0.1) is 0 Å². The van der Waals surface area contributed by atoms with Gasteiger partial charge in [0.15, 0.2) is 0 Å². The zero-order valence-corrected chi connectivity index (χ0v) is 14.1. The molecule has 1 aliphatic heterocycles. The second-order valence-electron chi connectivity index (χ2n) is 6.73. The van der Waals surface area contributed by atoms with Gasteiger partial charge in [-0.25, -0.2) is 0 Å². The van der Waals surface area contributed by atoms with Crippen LogP contribution in [0.5, 0.6) is 0 Å². The molecule has 0 bridgehead atoms. The number of aryl methyl sites for hydroxylation is 1. The second-order valence-corrected chi connectivity index (χ2v) is 6.73. The van der Waals surface area contributed by atoms with Crippen molar-refractivity contribution in [1.29, 1.82) is 0 Å². The molecule has 1 aromatic rings. The Bertz CT molecular complexity index is 630. The normalized spacial score (nSPS) is 21.2. The minimum absolute atomic E-state index is 0.127. The van der Waals surface area contributed by atoms with Gasteiger partial charge < -0.3 is 10.0 Å². The molecule has 0 spiro atoms. The molecule has 1 saturated heterocycles. The highest BCUT2D eigenvalue weighted by Gasteiger charge is 2.32. The maximum Gasteiger partial charge on any atom is 0.416 e. The first kappa shape index (κ1) is 19.3. The molecule has 2 unspecified atom stereocenters. The Morgan fingerprint density at radius 3 is 2.64 bits per heavy atom. The Hall–Kier alpha value is -2.05. The quantitative estimate of drug-likeness (QED) is 0.876. The predicted octanol–water partition coefficient (Wildman–Crippen LogP) is 3.60. The molecule has 25 heavy (non-hydrogen) atoms. The number of rotatable bonds is 5. The summed E-state index contributed by atoms with van der Waals surface area (Å²) in [6.45, 7) is 2.66. The Morgan fingerprint density at radius 2 is 2.00 bits per heavy atom. The van der Waals surface area contributed by atoms with Crippen LogP contribution in [-0.4, -0.2) is 35.0 Å². The molecule has 1 amide bonds. The van der Waals surface area contributed by atoms with E-state index in [4.69, 9.17) is 5.11 Å². The first-order valence-electron chi connectivity index (χ1n) is 8.33. The van der Waals surface area contributed by atoms with Crippen LogP contribution in [0, 0.1) is 11.8 Å². The molecular weight excluding hydrogens is 335 g/mol. The summed E-state index contributed by atoms with van der Waals surface area (Å²) in [5.41, 5.74) is -0.150. The Balaban J connectivity index is 1.87. The number of carboxylic acids is 1. The Morgan fingerprint density at radius 1 is 1.28 bits per heavy atom. The molecule has 138 valence electrons. The number of benzene rings is 1. The van der Waals surface area contributed by atoms with Crippen molar-refractivity contribution in [2.75, 3.05) is 13.1 Å². The highest BCUT2D eigenvalue weighted by Crippen LogP contribution is 2.30. The van der Waals surface area contributed by atoms with Gasteiger partial charge in [0.2, 0.25) is 5.91 Å². The number of alkyl halides is 3. The van der Waals surface area contributed by atoms with Crippen LogP contribution in [-0.2, 0) is 22.2 Å². The standard InChI is InChI=1S/C18H22F3NO3/c1-12-8-14(17(24)25)11-22(10-12)16(23)7-3-5-13-4-2-6-15(9-13)18(19,20)21/h2,4,6,9,12,14H,3,5,7-8,10-11H2,1H3,(H,24,25). The third-order valence-corrected chi connectivity index (χ3v) is 4.47. The van der Waals surface area contributed by atoms with E-state index in [-0.39, 0.29) is 24.8 Å². The number of hydrogen-bond donors (Lipinski definition) is 1. The number of piperidine rings is 1. The van der Waals surface area contributed by atoms with Crippen LogP contribution in [0.25, 0.3) is 0 Å². The van der Waals surface area contributed by atoms with Gasteiger partial charge in [0, 0.05) is 19.5 Å². The van der Waals surface area contributed by atoms with Crippen molar-refractivity contribution in [3.8, 4) is 0 Å². The number of halogens is 3. The van der Waals surface area contributed by atoms with Gasteiger partial charge in [-0.05, 0) is 36.8 Å². The van der Waals surface area contributed by atoms with Crippen molar-refractivity contribution in [1.82, 2.24) is 4.90 Å². The van der Waals surface area contributed by atoms with Crippen molar-refractivity contribution < 1.29 is 27.9 Å². The van der Waals surface area contributed by atoms with Crippen LogP contribution >= 0.6 is 0 Å². The van der Waals surface area contributed by atoms with Crippen LogP contribution in [0.15, 0.2) is 24.3 Å². The molecule has 2 rings (SSSR count). The number of likely N-dealkylation sites (tertiary alicyclic amines) is 1. The molecule has 1 N–H and O–H groups in total. The summed E-state index contributed by atoms with van der Waals surface area (Å²) in [5, 5.41) is 9.14. The zero-order valence-electron chi connectivity index (χ0n) is 14.1. The summed E-state index contributed by atoms with van der Waals surface area (Å²) in [6.07, 6.45) is -2.80. The van der Waals surface area contributed by atoms with E-state index in [9.17, 15) is 22.8 Å². The topological polar surface area (TPSA) is 57.6 Å². The molecule has 7 heteroatoms. The lowest BCUT2D eigenvalue weighted by molar-refractivity contribution is -0.147. The molecule has 2 atom stereocenters. The van der Waals surface area contributed by atoms with Gasteiger partial charge in [0.25, 0.3) is 0 Å². The van der Waals surface area contributed by atoms with E-state index in [1.165, 1.54) is 6.07 Å². The van der Waals surface area contributed by atoms with E-state index in [1.54, 1.807) is 11.0 Å². The van der Waals surface area contributed by atoms with E-state index in [2.05, 4.69) is 0 Å². The van der Waals surface area contributed by atoms with Crippen LogP contribution in [0.4, 0.5) is 13.2 Å². The largest absolute Gasteiger partial charge is 0.481 e. The van der Waals surface area contributed by atoms with Crippen molar-refractivity contribution >= 4 is 11.9 Å². The van der Waals surface area contributed by atoms with Gasteiger partial charge in [-0.1, -0.05) is 25.1 Å². The Labute approximate surface area is 144 Å². The van der Waals surface area contributed by atoms with Gasteiger partial charge in [0.1, 0.15) is 0 Å². The second kappa shape index (κ2) is 7.89. The van der Waals surface area contributed by atoms with E-state index in [0.717, 1.165) is 12.1 Å². The number of carboxylic acid groups (broad SMARTS) is 1. The van der Waals surface area contributed by atoms with Crippen LogP contribution in [0.2, 0.25) is 0 Å². The maximum absolute atomic E-state index is 12.7. The summed E-state index contributed by atoms with van der Waals surface area (Å²) in [5.74, 6) is -1.45. The number of nitrogens with zero attached hydrogens (tertiary/aromatic N) is 1. The Kier molecular flexibility index (Phi) is 6.08. The van der Waals surface area contributed by atoms with Crippen LogP contribution in [0.3, 0.4) is 0 Å². The van der Waals surface area contributed by atoms with Crippen molar-refractivity contribution in [2.24, 2.45) is 11.8 Å². The molecule has 1 aliphatic rings. The summed E-state index contributed by atoms with van der Waals surface area (Å²) in [7, 11) is 0. The number of carbonyl (C=O) groups excluding carboxylic acids is 1. The first-order valence-corrected chi connectivity index (χ1v) is 8.33. The van der Waals surface area contributed by atoms with Gasteiger partial charge in [-0.2, -0.15) is 13.2 Å². The monoisotopic (exact) mass is 357 g/mol. The fraction of sp³-hybridized carbons (Fsp3) is 0.556. The van der Waals surface area contributed by atoms with Gasteiger partial charge in [-0.3, -0.25) is 9.59 Å². The zero-order chi connectivity index (χ0) is 18.6. The predicted molar refractivity (Wildman–Crippen MR) is 85.9 cm³/mol. The maximum atomic E-state index is 12.7. The molecule has 1 aromatic carbocycles. The molecule has 1 fully saturated rings. The summed E-state index contributed by atoms with van der Waals surface area (Å²) < 4.78 is 38.1. The summed E-state index contributed by atoms with van der Waals surface area (Å²) >= 11 is 0. The molecule has 4 nitrogen and oxygen atoms in total. The third kappa shape index (κ3) is 5.47. The first-order chi connectivity index (χ1) is 11.7. The van der Waals surface area contributed by atoms with Crippen LogP contribution < -0.4 is 0 Å². The lowest BCUT2D eigenvalue weighted by atomic mass is 9.90. The average molecular weight is 357 g/mol. The summed E-state index contributed by atoms with van der Waals surface area (Å²) in [6, 6.07) is 5.11. The van der Waals surface area contributed by atoms with Crippen LogP contribution in [0.1, 0.15) is 37.3 Å². The number of amides is 1. The minimum atomic E-state index is -4.37. The molecule has 0 saturated carbocycles. The molecular formula is C18H22F3NO3. The number of hydrogen-bond acceptors (Lipinski definition) is 2. The van der Waals surface area contributed by atoms with Gasteiger partial charge in [0.05, 0.1) is 11.5 Å². The van der Waals surface area contributed by atoms with E-state index < -0.39 is 23.6 Å². The number of carbonyl (C=O) groups is 2. The average Bonchev–Trinajstić information content (AvgIpc) is 2.53. The number of aliphatic carboxylic acids is 1. The molecule has 1 heterocycles. The van der Waals surface area contributed by atoms with Crippen molar-refractivity contribution in [3.63, 3.8) is 0 Å². The van der Waals surface area contributed by atoms with Gasteiger partial charge >= 0.3 is 12.1 Å². The SMILES string of the molecule is CC1CC(C(=O)O)CN(C(=O)CCCc2cccc(C(F)(F)F)c2)C1. The molecule has 0 aromatic heterocycles. The molecule has 0 radical (unpaired) electrons. The highest BCUT2D eigenvalue weighted by molar-refractivity contribution is 5.78. The van der Waals surface area contributed by atoms with Crippen molar-refractivity contribution in [2.45, 2.75) is 38.8 Å². The lowest BCUT2D eigenvalue weighted by Gasteiger charge is -2.34. The third-order valence-electron chi connectivity index (χ3n) is 4.47. The summed E-state index contributed by atoms with van der Waals surface area (Å²) in [4.78, 5) is 25.0. The smallest absolute Gasteiger partial charge is 0.416 e. The lowest BCUT2D eigenvalue weighted by Crippen LogP contribution is -2.45. The molecule has 0 aliphatic carbocycles. The highest BCUT2D eigenvalue weighted by atomic mass is 19.4. The fourth-order valence-electron chi connectivity index (χ4n) is 3.24. The minimum Gasteiger partial charge on any atom is -0.481 e. The van der Waals surface area contributed by atoms with E-state index >= 15 is 0 Å². The van der Waals surface area contributed by atoms with Crippen molar-refractivity contribution in [3.05, 3.63) is 35.4 Å².